The van der Waals surface area contributed by atoms with Gasteiger partial charge in [-0.25, -0.2) is 4.68 Å². The van der Waals surface area contributed by atoms with Crippen LogP contribution in [-0.2, 0) is 0 Å². The summed E-state index contributed by atoms with van der Waals surface area (Å²) >= 11 is 0. The molecule has 24 heavy (non-hydrogen) atoms. The van der Waals surface area contributed by atoms with Crippen LogP contribution in [0.25, 0.3) is 5.69 Å². The van der Waals surface area contributed by atoms with Gasteiger partial charge in [0.2, 0.25) is 0 Å². The fourth-order valence-electron chi connectivity index (χ4n) is 3.48. The number of carbonyl (C=O) groups is 1. The normalized spacial score (nSPS) is 17.3. The minimum atomic E-state index is 0.159. The van der Waals surface area contributed by atoms with Gasteiger partial charge in [0.25, 0.3) is 5.91 Å². The van der Waals surface area contributed by atoms with Gasteiger partial charge in [-0.1, -0.05) is 0 Å². The second-order valence-corrected chi connectivity index (χ2v) is 6.73. The summed E-state index contributed by atoms with van der Waals surface area (Å²) < 4.78 is 7.14. The molecule has 1 saturated carbocycles. The molecular formula is C19H23N3O2. The Kier molecular flexibility index (Phi) is 3.79. The Morgan fingerprint density at radius 1 is 1.17 bits per heavy atom. The predicted molar refractivity (Wildman–Crippen MR) is 92.0 cm³/mol. The predicted octanol–water partition coefficient (Wildman–Crippen LogP) is 3.30. The zero-order valence-corrected chi connectivity index (χ0v) is 14.3. The lowest BCUT2D eigenvalue weighted by Crippen LogP contribution is -2.28. The van der Waals surface area contributed by atoms with Crippen molar-refractivity contribution in [3.63, 3.8) is 0 Å². The van der Waals surface area contributed by atoms with Crippen molar-refractivity contribution in [1.82, 2.24) is 14.7 Å². The smallest absolute Gasteiger partial charge is 0.257 e. The molecule has 0 atom stereocenters. The van der Waals surface area contributed by atoms with Crippen molar-refractivity contribution in [1.29, 1.82) is 0 Å². The van der Waals surface area contributed by atoms with E-state index in [1.165, 1.54) is 0 Å². The largest absolute Gasteiger partial charge is 0.497 e. The van der Waals surface area contributed by atoms with Gasteiger partial charge < -0.3 is 9.64 Å². The maximum Gasteiger partial charge on any atom is 0.257 e. The monoisotopic (exact) mass is 325 g/mol. The molecule has 2 heterocycles. The van der Waals surface area contributed by atoms with E-state index in [-0.39, 0.29) is 5.91 Å². The summed E-state index contributed by atoms with van der Waals surface area (Å²) in [6, 6.07) is 7.82. The van der Waals surface area contributed by atoms with E-state index in [2.05, 4.69) is 0 Å². The van der Waals surface area contributed by atoms with Gasteiger partial charge in [-0.2, -0.15) is 5.10 Å². The Labute approximate surface area is 142 Å². The first-order chi connectivity index (χ1) is 11.7. The summed E-state index contributed by atoms with van der Waals surface area (Å²) in [5, 5.41) is 4.82. The number of hydrogen-bond donors (Lipinski definition) is 0. The molecule has 0 bridgehead atoms. The van der Waals surface area contributed by atoms with Gasteiger partial charge in [0.1, 0.15) is 5.75 Å². The lowest BCUT2D eigenvalue weighted by atomic mass is 10.1. The minimum absolute atomic E-state index is 0.159. The first-order valence-corrected chi connectivity index (χ1v) is 8.72. The van der Waals surface area contributed by atoms with Gasteiger partial charge in [0.05, 0.1) is 29.7 Å². The Balaban J connectivity index is 1.75. The molecule has 5 heteroatoms. The van der Waals surface area contributed by atoms with Crippen LogP contribution in [0.15, 0.2) is 24.3 Å². The lowest BCUT2D eigenvalue weighted by molar-refractivity contribution is 0.0791. The molecule has 126 valence electrons. The number of amides is 1. The average Bonchev–Trinajstić information content (AvgIpc) is 3.19. The van der Waals surface area contributed by atoms with Crippen LogP contribution in [0.3, 0.4) is 0 Å². The van der Waals surface area contributed by atoms with Crippen molar-refractivity contribution in [3.05, 3.63) is 41.2 Å². The summed E-state index contributed by atoms with van der Waals surface area (Å²) in [5.41, 5.74) is 3.73. The summed E-state index contributed by atoms with van der Waals surface area (Å²) in [6.45, 7) is 3.75. The molecule has 1 aliphatic carbocycles. The topological polar surface area (TPSA) is 47.4 Å². The standard InChI is InChI=1S/C19H23N3O2/c1-13-17(19(23)21-11-3-4-12-21)18(14-5-6-14)20-22(13)15-7-9-16(24-2)10-8-15/h7-10,14H,3-6,11-12H2,1-2H3. The third kappa shape index (κ3) is 2.58. The third-order valence-corrected chi connectivity index (χ3v) is 5.03. The quantitative estimate of drug-likeness (QED) is 0.866. The molecule has 0 unspecified atom stereocenters. The molecule has 1 aromatic carbocycles. The summed E-state index contributed by atoms with van der Waals surface area (Å²) in [6.07, 6.45) is 4.49. The number of rotatable bonds is 4. The van der Waals surface area contributed by atoms with Crippen LogP contribution in [-0.4, -0.2) is 40.8 Å². The van der Waals surface area contributed by atoms with E-state index in [0.717, 1.165) is 67.2 Å². The summed E-state index contributed by atoms with van der Waals surface area (Å²) in [7, 11) is 1.66. The number of likely N-dealkylation sites (tertiary alicyclic amines) is 1. The number of benzene rings is 1. The molecule has 2 aromatic rings. The van der Waals surface area contributed by atoms with E-state index in [9.17, 15) is 4.79 Å². The maximum atomic E-state index is 13.0. The van der Waals surface area contributed by atoms with Crippen LogP contribution in [0.2, 0.25) is 0 Å². The molecule has 1 amide bonds. The van der Waals surface area contributed by atoms with E-state index in [1.807, 2.05) is 40.8 Å². The maximum absolute atomic E-state index is 13.0. The van der Waals surface area contributed by atoms with Crippen molar-refractivity contribution in [2.24, 2.45) is 0 Å². The number of nitrogens with zero attached hydrogens (tertiary/aromatic N) is 3. The van der Waals surface area contributed by atoms with Crippen LogP contribution in [0.5, 0.6) is 5.75 Å². The SMILES string of the molecule is COc1ccc(-n2nc(C3CC3)c(C(=O)N3CCCC3)c2C)cc1. The zero-order chi connectivity index (χ0) is 16.7. The number of aromatic nitrogens is 2. The second-order valence-electron chi connectivity index (χ2n) is 6.73. The molecule has 2 aliphatic rings. The third-order valence-electron chi connectivity index (χ3n) is 5.03. The fourth-order valence-corrected chi connectivity index (χ4v) is 3.48. The highest BCUT2D eigenvalue weighted by molar-refractivity contribution is 5.97. The Bertz CT molecular complexity index is 754. The van der Waals surface area contributed by atoms with Crippen LogP contribution in [0.4, 0.5) is 0 Å². The van der Waals surface area contributed by atoms with Crippen LogP contribution in [0, 0.1) is 6.92 Å². The van der Waals surface area contributed by atoms with Crippen molar-refractivity contribution < 1.29 is 9.53 Å². The zero-order valence-electron chi connectivity index (χ0n) is 14.3. The molecule has 1 aromatic heterocycles. The van der Waals surface area contributed by atoms with Gasteiger partial charge in [0, 0.05) is 19.0 Å². The Morgan fingerprint density at radius 3 is 2.42 bits per heavy atom. The first kappa shape index (κ1) is 15.2. The molecule has 5 nitrogen and oxygen atoms in total. The van der Waals surface area contributed by atoms with Crippen LogP contribution in [0.1, 0.15) is 53.3 Å². The number of carbonyl (C=O) groups excluding carboxylic acids is 1. The van der Waals surface area contributed by atoms with Gasteiger partial charge in [-0.15, -0.1) is 0 Å². The summed E-state index contributed by atoms with van der Waals surface area (Å²) in [4.78, 5) is 15.0. The van der Waals surface area contributed by atoms with Crippen molar-refractivity contribution in [2.45, 2.75) is 38.5 Å². The van der Waals surface area contributed by atoms with E-state index >= 15 is 0 Å². The van der Waals surface area contributed by atoms with Crippen molar-refractivity contribution in [2.75, 3.05) is 20.2 Å². The number of hydrogen-bond acceptors (Lipinski definition) is 3. The first-order valence-electron chi connectivity index (χ1n) is 8.72. The molecule has 2 fully saturated rings. The second kappa shape index (κ2) is 5.96. The molecule has 1 aliphatic heterocycles. The number of ether oxygens (including phenoxy) is 1. The average molecular weight is 325 g/mol. The van der Waals surface area contributed by atoms with E-state index in [4.69, 9.17) is 9.84 Å². The van der Waals surface area contributed by atoms with Crippen molar-refractivity contribution in [3.8, 4) is 11.4 Å². The van der Waals surface area contributed by atoms with Crippen molar-refractivity contribution >= 4 is 5.91 Å². The van der Waals surface area contributed by atoms with Gasteiger partial charge in [-0.05, 0) is 56.9 Å². The van der Waals surface area contributed by atoms with E-state index in [0.29, 0.717) is 5.92 Å². The molecule has 4 rings (SSSR count). The van der Waals surface area contributed by atoms with Crippen LogP contribution < -0.4 is 4.74 Å². The fraction of sp³-hybridized carbons (Fsp3) is 0.474. The lowest BCUT2D eigenvalue weighted by Gasteiger charge is -2.16. The Morgan fingerprint density at radius 2 is 1.83 bits per heavy atom. The van der Waals surface area contributed by atoms with E-state index < -0.39 is 0 Å². The minimum Gasteiger partial charge on any atom is -0.497 e. The molecular weight excluding hydrogens is 302 g/mol. The highest BCUT2D eigenvalue weighted by Crippen LogP contribution is 2.42. The highest BCUT2D eigenvalue weighted by atomic mass is 16.5. The van der Waals surface area contributed by atoms with Gasteiger partial charge >= 0.3 is 0 Å². The summed E-state index contributed by atoms with van der Waals surface area (Å²) in [5.74, 6) is 1.43. The Hall–Kier alpha value is -2.30. The molecule has 1 saturated heterocycles. The molecule has 0 radical (unpaired) electrons. The molecule has 0 spiro atoms. The van der Waals surface area contributed by atoms with Crippen LogP contribution >= 0.6 is 0 Å². The van der Waals surface area contributed by atoms with Gasteiger partial charge in [-0.3, -0.25) is 4.79 Å². The van der Waals surface area contributed by atoms with E-state index in [1.54, 1.807) is 7.11 Å². The molecule has 0 N–H and O–H groups in total. The van der Waals surface area contributed by atoms with Gasteiger partial charge in [0.15, 0.2) is 0 Å². The number of methoxy groups -OCH3 is 1. The highest BCUT2D eigenvalue weighted by Gasteiger charge is 2.35.